The normalized spacial score (nSPS) is 10.9. The summed E-state index contributed by atoms with van der Waals surface area (Å²) in [6, 6.07) is 0. The fraction of sp³-hybridized carbons (Fsp3) is 0.500. The van der Waals surface area contributed by atoms with Gasteiger partial charge in [0.05, 0.1) is 0 Å². The third-order valence-corrected chi connectivity index (χ3v) is 1.38. The maximum absolute atomic E-state index is 10.4. The number of nitrogens with zero attached hydrogens (tertiary/aromatic N) is 7. The molecule has 1 aromatic heterocycles. The van der Waals surface area contributed by atoms with E-state index in [4.69, 9.17) is 0 Å². The number of tetrazole rings is 1. The Morgan fingerprint density at radius 3 is 1.80 bits per heavy atom. The van der Waals surface area contributed by atoms with Gasteiger partial charge in [0.25, 0.3) is 5.82 Å². The maximum atomic E-state index is 10.4. The van der Waals surface area contributed by atoms with Gasteiger partial charge in [0.1, 0.15) is 0 Å². The van der Waals surface area contributed by atoms with Crippen LogP contribution in [0.25, 0.3) is 0 Å². The lowest BCUT2D eigenvalue weighted by Gasteiger charge is -2.07. The van der Waals surface area contributed by atoms with Crippen molar-refractivity contribution in [3.63, 3.8) is 0 Å². The quantitative estimate of drug-likeness (QED) is 0.304. The summed E-state index contributed by atoms with van der Waals surface area (Å²) in [5, 5.41) is 42.1. The molecule has 13 nitrogen and oxygen atoms in total. The molecule has 13 heteroatoms. The van der Waals surface area contributed by atoms with E-state index in [0.29, 0.717) is 0 Å². The molecule has 0 N–H and O–H groups in total. The van der Waals surface area contributed by atoms with Crippen LogP contribution in [-0.4, -0.2) is 30.3 Å². The minimum absolute atomic E-state index is 1.30. The third-order valence-electron chi connectivity index (χ3n) is 1.38. The molecule has 1 aromatic rings. The first-order chi connectivity index (χ1) is 6.94. The summed E-state index contributed by atoms with van der Waals surface area (Å²) in [6.45, 7) is 0. The van der Waals surface area contributed by atoms with Gasteiger partial charge in [0.2, 0.25) is 0 Å². The van der Waals surface area contributed by atoms with Crippen molar-refractivity contribution >= 4 is 0 Å². The van der Waals surface area contributed by atoms with Crippen molar-refractivity contribution in [2.75, 3.05) is 0 Å². The molecule has 0 fully saturated rings. The van der Waals surface area contributed by atoms with Gasteiger partial charge < -0.3 is 5.10 Å². The van der Waals surface area contributed by atoms with Gasteiger partial charge in [-0.05, 0) is 0 Å². The number of rotatable bonds is 4. The molecule has 0 bridgehead atoms. The molecule has 0 aliphatic carbocycles. The monoisotopic (exact) mass is 218 g/mol. The molecule has 0 aliphatic rings. The van der Waals surface area contributed by atoms with Gasteiger partial charge in [-0.3, -0.25) is 40.7 Å². The summed E-state index contributed by atoms with van der Waals surface area (Å²) >= 11 is 0. The van der Waals surface area contributed by atoms with Gasteiger partial charge in [0.15, 0.2) is 14.8 Å². The molecule has 0 radical (unpaired) electrons. The molecule has 0 unspecified atom stereocenters. The fourth-order valence-corrected chi connectivity index (χ4v) is 0.724. The Morgan fingerprint density at radius 2 is 1.53 bits per heavy atom. The van der Waals surface area contributed by atoms with Crippen molar-refractivity contribution in [1.29, 1.82) is 0 Å². The molecule has 0 aromatic carbocycles. The van der Waals surface area contributed by atoms with Crippen molar-refractivity contribution in [2.45, 2.75) is 5.79 Å². The van der Waals surface area contributed by atoms with Crippen molar-refractivity contribution < 1.29 is 14.8 Å². The number of aromatic nitrogens is 4. The molecular formula is C2N7O6-. The summed E-state index contributed by atoms with van der Waals surface area (Å²) in [5.41, 5.74) is 0. The van der Waals surface area contributed by atoms with Crippen LogP contribution < -0.4 is 5.10 Å². The molecule has 80 valence electrons. The first kappa shape index (κ1) is 10.4. The van der Waals surface area contributed by atoms with Crippen LogP contribution in [0.5, 0.6) is 0 Å². The minimum Gasteiger partial charge on any atom is -0.315 e. The van der Waals surface area contributed by atoms with Crippen LogP contribution in [0.3, 0.4) is 0 Å². The average molecular weight is 218 g/mol. The Labute approximate surface area is 78.5 Å². The molecule has 0 amide bonds. The first-order valence-electron chi connectivity index (χ1n) is 3.06. The lowest BCUT2D eigenvalue weighted by atomic mass is 10.3. The first-order valence-corrected chi connectivity index (χ1v) is 3.06. The van der Waals surface area contributed by atoms with Crippen molar-refractivity contribution in [2.24, 2.45) is 0 Å². The zero-order valence-electron chi connectivity index (χ0n) is 6.58. The van der Waals surface area contributed by atoms with Crippen molar-refractivity contribution in [3.8, 4) is 0 Å². The summed E-state index contributed by atoms with van der Waals surface area (Å²) in [5.74, 6) is -5.16. The summed E-state index contributed by atoms with van der Waals surface area (Å²) in [7, 11) is 0. The molecular weight excluding hydrogens is 218 g/mol. The summed E-state index contributed by atoms with van der Waals surface area (Å²) in [6.07, 6.45) is 0. The number of nitro groups is 3. The van der Waals surface area contributed by atoms with Crippen LogP contribution in [0.4, 0.5) is 0 Å². The topological polar surface area (TPSA) is 182 Å². The lowest BCUT2D eigenvalue weighted by Crippen LogP contribution is -2.51. The average Bonchev–Trinajstić information content (AvgIpc) is 2.55. The molecule has 1 heterocycles. The van der Waals surface area contributed by atoms with Crippen LogP contribution in [0.15, 0.2) is 0 Å². The van der Waals surface area contributed by atoms with Crippen LogP contribution in [0, 0.1) is 30.3 Å². The van der Waals surface area contributed by atoms with E-state index in [2.05, 4.69) is 20.6 Å². The van der Waals surface area contributed by atoms with Crippen molar-refractivity contribution in [1.82, 2.24) is 20.6 Å². The second-order valence-corrected chi connectivity index (χ2v) is 2.11. The molecule has 1 rings (SSSR count). The van der Waals surface area contributed by atoms with Crippen molar-refractivity contribution in [3.05, 3.63) is 36.2 Å². The Bertz CT molecular complexity index is 373. The van der Waals surface area contributed by atoms with E-state index in [0.717, 1.165) is 0 Å². The van der Waals surface area contributed by atoms with E-state index >= 15 is 0 Å². The van der Waals surface area contributed by atoms with Crippen LogP contribution in [0.1, 0.15) is 5.82 Å². The van der Waals surface area contributed by atoms with E-state index in [1.807, 2.05) is 0 Å². The second kappa shape index (κ2) is 3.20. The molecule has 15 heavy (non-hydrogen) atoms. The number of hydrogen-bond donors (Lipinski definition) is 0. The Kier molecular flexibility index (Phi) is 2.21. The molecule has 0 saturated carbocycles. The zero-order valence-corrected chi connectivity index (χ0v) is 6.58. The van der Waals surface area contributed by atoms with E-state index in [1.54, 1.807) is 0 Å². The fourth-order valence-electron chi connectivity index (χ4n) is 0.724. The smallest absolute Gasteiger partial charge is 0.315 e. The lowest BCUT2D eigenvalue weighted by molar-refractivity contribution is -0.987. The van der Waals surface area contributed by atoms with E-state index in [-0.39, 0.29) is 0 Å². The second-order valence-electron chi connectivity index (χ2n) is 2.11. The molecule has 0 spiro atoms. The molecule has 0 aliphatic heterocycles. The SMILES string of the molecule is O=[N+]([O-])C(c1nnn[n-]1)([N+](=O)[O-])[N+](=O)[O-]. The van der Waals surface area contributed by atoms with Gasteiger partial charge >= 0.3 is 5.79 Å². The Morgan fingerprint density at radius 1 is 1.07 bits per heavy atom. The highest BCUT2D eigenvalue weighted by Crippen LogP contribution is 2.21. The highest BCUT2D eigenvalue weighted by Gasteiger charge is 2.72. The predicted molar refractivity (Wildman–Crippen MR) is 35.8 cm³/mol. The van der Waals surface area contributed by atoms with Crippen LogP contribution in [0.2, 0.25) is 0 Å². The van der Waals surface area contributed by atoms with Gasteiger partial charge in [-0.15, -0.1) is 0 Å². The highest BCUT2D eigenvalue weighted by atomic mass is 16.7. The standard InChI is InChI=1S/C2N7O6/c10-7(11)2(8(12)13,9(14)15)1-3-5-6-4-1/q-1. The number of hydrogen-bond acceptors (Lipinski definition) is 9. The molecule has 0 atom stereocenters. The van der Waals surface area contributed by atoms with E-state index < -0.39 is 26.4 Å². The summed E-state index contributed by atoms with van der Waals surface area (Å²) in [4.78, 5) is 26.0. The van der Waals surface area contributed by atoms with Gasteiger partial charge in [-0.1, -0.05) is 0 Å². The summed E-state index contributed by atoms with van der Waals surface area (Å²) < 4.78 is 0. The van der Waals surface area contributed by atoms with Gasteiger partial charge in [-0.25, -0.2) is 0 Å². The maximum Gasteiger partial charge on any atom is 0.735 e. The zero-order chi connectivity index (χ0) is 11.6. The van der Waals surface area contributed by atoms with Gasteiger partial charge in [-0.2, -0.15) is 5.21 Å². The predicted octanol–water partition coefficient (Wildman–Crippen LogP) is -2.23. The van der Waals surface area contributed by atoms with E-state index in [1.165, 1.54) is 0 Å². The van der Waals surface area contributed by atoms with Gasteiger partial charge in [0, 0.05) is 0 Å². The van der Waals surface area contributed by atoms with E-state index in [9.17, 15) is 30.3 Å². The van der Waals surface area contributed by atoms with Crippen LogP contribution >= 0.6 is 0 Å². The van der Waals surface area contributed by atoms with Crippen LogP contribution in [-0.2, 0) is 5.79 Å². The highest BCUT2D eigenvalue weighted by molar-refractivity contribution is 4.82. The third kappa shape index (κ3) is 1.21. The Balaban J connectivity index is 3.47. The minimum atomic E-state index is -3.86. The Hall–Kier alpha value is -2.73. The largest absolute Gasteiger partial charge is 0.735 e. The molecule has 0 saturated heterocycles.